The highest BCUT2D eigenvalue weighted by atomic mass is 127. The first-order valence-electron chi connectivity index (χ1n) is 7.46. The van der Waals surface area contributed by atoms with E-state index in [9.17, 15) is 0 Å². The highest BCUT2D eigenvalue weighted by Gasteiger charge is 2.17. The zero-order valence-electron chi connectivity index (χ0n) is 13.3. The van der Waals surface area contributed by atoms with Gasteiger partial charge in [-0.1, -0.05) is 0 Å². The molecule has 0 spiro atoms. The van der Waals surface area contributed by atoms with Crippen LogP contribution in [0.25, 0.3) is 0 Å². The molecule has 22 heavy (non-hydrogen) atoms. The third kappa shape index (κ3) is 5.91. The van der Waals surface area contributed by atoms with Crippen LogP contribution in [0.3, 0.4) is 0 Å². The standard InChI is InChI=1S/C14H25N7.HI/c1-15-13(16-2)17-7-4-8-20-9-11-21(12-10-20)14-18-5-3-6-19-14;/h3,5-6H,4,7-12H2,1-2H3,(H2,15,16,17);1H. The Bertz CT molecular complexity index is 432. The maximum atomic E-state index is 4.31. The topological polar surface area (TPSA) is 68.7 Å². The van der Waals surface area contributed by atoms with Crippen molar-refractivity contribution in [1.29, 1.82) is 0 Å². The number of guanidine groups is 1. The number of hydrogen-bond acceptors (Lipinski definition) is 5. The normalized spacial score (nSPS) is 16.1. The lowest BCUT2D eigenvalue weighted by Gasteiger charge is -2.34. The van der Waals surface area contributed by atoms with Gasteiger partial charge in [0.05, 0.1) is 0 Å². The van der Waals surface area contributed by atoms with Crippen molar-refractivity contribution in [3.8, 4) is 0 Å². The monoisotopic (exact) mass is 419 g/mol. The second-order valence-corrected chi connectivity index (χ2v) is 4.98. The Kier molecular flexibility index (Phi) is 9.05. The molecule has 0 atom stereocenters. The molecule has 2 rings (SSSR count). The number of aliphatic imine (C=N–C) groups is 1. The van der Waals surface area contributed by atoms with E-state index in [0.717, 1.165) is 57.6 Å². The molecule has 0 aliphatic carbocycles. The molecule has 8 heteroatoms. The molecule has 1 aliphatic heterocycles. The fourth-order valence-electron chi connectivity index (χ4n) is 2.41. The van der Waals surface area contributed by atoms with Gasteiger partial charge >= 0.3 is 0 Å². The minimum Gasteiger partial charge on any atom is -0.359 e. The predicted octanol–water partition coefficient (Wildman–Crippen LogP) is 0.402. The predicted molar refractivity (Wildman–Crippen MR) is 101 cm³/mol. The molecule has 7 nitrogen and oxygen atoms in total. The Balaban J connectivity index is 0.00000242. The van der Waals surface area contributed by atoms with Crippen molar-refractivity contribution >= 4 is 35.9 Å². The molecule has 0 aromatic carbocycles. The fraction of sp³-hybridized carbons (Fsp3) is 0.643. The summed E-state index contributed by atoms with van der Waals surface area (Å²) >= 11 is 0. The first-order chi connectivity index (χ1) is 10.3. The van der Waals surface area contributed by atoms with Crippen LogP contribution >= 0.6 is 24.0 Å². The molecule has 2 heterocycles. The lowest BCUT2D eigenvalue weighted by molar-refractivity contribution is 0.254. The summed E-state index contributed by atoms with van der Waals surface area (Å²) in [4.78, 5) is 17.4. The van der Waals surface area contributed by atoms with Crippen LogP contribution < -0.4 is 15.5 Å². The largest absolute Gasteiger partial charge is 0.359 e. The number of piperazine rings is 1. The summed E-state index contributed by atoms with van der Waals surface area (Å²) in [5.74, 6) is 1.69. The van der Waals surface area contributed by atoms with E-state index >= 15 is 0 Å². The van der Waals surface area contributed by atoms with Crippen molar-refractivity contribution in [2.45, 2.75) is 6.42 Å². The lowest BCUT2D eigenvalue weighted by Crippen LogP contribution is -2.47. The van der Waals surface area contributed by atoms with E-state index in [1.54, 1.807) is 19.4 Å². The van der Waals surface area contributed by atoms with Crippen molar-refractivity contribution in [1.82, 2.24) is 25.5 Å². The van der Waals surface area contributed by atoms with Gasteiger partial charge in [-0.05, 0) is 19.0 Å². The van der Waals surface area contributed by atoms with Crippen LogP contribution in [0, 0.1) is 0 Å². The SMILES string of the molecule is CN=C(NC)NCCCN1CCN(c2ncccn2)CC1.I. The summed E-state index contributed by atoms with van der Waals surface area (Å²) < 4.78 is 0. The average Bonchev–Trinajstić information content (AvgIpc) is 2.56. The van der Waals surface area contributed by atoms with Crippen LogP contribution in [0.2, 0.25) is 0 Å². The van der Waals surface area contributed by atoms with E-state index in [4.69, 9.17) is 0 Å². The van der Waals surface area contributed by atoms with Gasteiger partial charge in [-0.3, -0.25) is 9.89 Å². The van der Waals surface area contributed by atoms with Crippen LogP contribution in [0.5, 0.6) is 0 Å². The molecule has 0 saturated carbocycles. The smallest absolute Gasteiger partial charge is 0.225 e. The Morgan fingerprint density at radius 2 is 1.91 bits per heavy atom. The number of nitrogens with one attached hydrogen (secondary N) is 2. The Labute approximate surface area is 149 Å². The molecule has 1 fully saturated rings. The minimum atomic E-state index is 0. The van der Waals surface area contributed by atoms with Crippen LogP contribution in [0.4, 0.5) is 5.95 Å². The van der Waals surface area contributed by atoms with E-state index in [-0.39, 0.29) is 24.0 Å². The van der Waals surface area contributed by atoms with Crippen molar-refractivity contribution in [2.75, 3.05) is 58.3 Å². The number of anilines is 1. The van der Waals surface area contributed by atoms with Gasteiger partial charge in [0, 0.05) is 59.2 Å². The molecule has 0 unspecified atom stereocenters. The Hall–Kier alpha value is -1.16. The summed E-state index contributed by atoms with van der Waals surface area (Å²) in [6.45, 7) is 6.18. The minimum absolute atomic E-state index is 0. The molecule has 124 valence electrons. The van der Waals surface area contributed by atoms with Crippen molar-refractivity contribution in [3.63, 3.8) is 0 Å². The van der Waals surface area contributed by atoms with E-state index < -0.39 is 0 Å². The van der Waals surface area contributed by atoms with Gasteiger partial charge in [-0.2, -0.15) is 0 Å². The third-order valence-electron chi connectivity index (χ3n) is 3.61. The number of aromatic nitrogens is 2. The van der Waals surface area contributed by atoms with Gasteiger partial charge in [0.15, 0.2) is 5.96 Å². The fourth-order valence-corrected chi connectivity index (χ4v) is 2.41. The number of nitrogens with zero attached hydrogens (tertiary/aromatic N) is 5. The molecule has 1 aromatic heterocycles. The third-order valence-corrected chi connectivity index (χ3v) is 3.61. The van der Waals surface area contributed by atoms with E-state index in [0.29, 0.717) is 0 Å². The molecule has 1 aromatic rings. The molecule has 0 radical (unpaired) electrons. The van der Waals surface area contributed by atoms with E-state index in [1.807, 2.05) is 13.1 Å². The summed E-state index contributed by atoms with van der Waals surface area (Å²) in [5, 5.41) is 6.29. The molecule has 0 amide bonds. The Morgan fingerprint density at radius 1 is 1.23 bits per heavy atom. The van der Waals surface area contributed by atoms with Gasteiger partial charge in [-0.25, -0.2) is 9.97 Å². The van der Waals surface area contributed by atoms with Crippen molar-refractivity contribution < 1.29 is 0 Å². The van der Waals surface area contributed by atoms with Crippen molar-refractivity contribution in [2.24, 2.45) is 4.99 Å². The lowest BCUT2D eigenvalue weighted by atomic mass is 10.3. The molecule has 1 saturated heterocycles. The maximum absolute atomic E-state index is 4.31. The number of hydrogen-bond donors (Lipinski definition) is 2. The first-order valence-corrected chi connectivity index (χ1v) is 7.46. The molecule has 0 bridgehead atoms. The second-order valence-electron chi connectivity index (χ2n) is 4.98. The molecular formula is C14H26IN7. The number of halogens is 1. The van der Waals surface area contributed by atoms with Gasteiger partial charge in [0.25, 0.3) is 0 Å². The average molecular weight is 419 g/mol. The summed E-state index contributed by atoms with van der Waals surface area (Å²) in [6.07, 6.45) is 4.71. The molecule has 2 N–H and O–H groups in total. The summed E-state index contributed by atoms with van der Waals surface area (Å²) in [6, 6.07) is 1.85. The van der Waals surface area contributed by atoms with Gasteiger partial charge < -0.3 is 15.5 Å². The highest BCUT2D eigenvalue weighted by Crippen LogP contribution is 2.09. The first kappa shape index (κ1) is 18.9. The van der Waals surface area contributed by atoms with Crippen molar-refractivity contribution in [3.05, 3.63) is 18.5 Å². The zero-order valence-corrected chi connectivity index (χ0v) is 15.7. The van der Waals surface area contributed by atoms with Crippen LogP contribution in [0.15, 0.2) is 23.5 Å². The summed E-state index contributed by atoms with van der Waals surface area (Å²) in [7, 11) is 3.66. The Morgan fingerprint density at radius 3 is 2.50 bits per heavy atom. The quantitative estimate of drug-likeness (QED) is 0.312. The van der Waals surface area contributed by atoms with Crippen LogP contribution in [0.1, 0.15) is 6.42 Å². The molecular weight excluding hydrogens is 393 g/mol. The molecule has 1 aliphatic rings. The van der Waals surface area contributed by atoms with Crippen LogP contribution in [-0.4, -0.2) is 74.2 Å². The number of rotatable bonds is 5. The van der Waals surface area contributed by atoms with Gasteiger partial charge in [0.1, 0.15) is 0 Å². The maximum Gasteiger partial charge on any atom is 0.225 e. The second kappa shape index (κ2) is 10.5. The van der Waals surface area contributed by atoms with Crippen LogP contribution in [-0.2, 0) is 0 Å². The highest BCUT2D eigenvalue weighted by molar-refractivity contribution is 14.0. The van der Waals surface area contributed by atoms with Gasteiger partial charge in [0.2, 0.25) is 5.95 Å². The van der Waals surface area contributed by atoms with E-state index in [1.165, 1.54) is 0 Å². The van der Waals surface area contributed by atoms with Gasteiger partial charge in [-0.15, -0.1) is 24.0 Å². The summed E-state index contributed by atoms with van der Waals surface area (Å²) in [5.41, 5.74) is 0. The zero-order chi connectivity index (χ0) is 14.9. The van der Waals surface area contributed by atoms with E-state index in [2.05, 4.69) is 35.4 Å².